The fourth-order valence-electron chi connectivity index (χ4n) is 2.71. The second-order valence-corrected chi connectivity index (χ2v) is 8.76. The Kier molecular flexibility index (Phi) is 5.02. The molecule has 0 aliphatic carbocycles. The number of carbonyl (C=O) groups is 1. The number of sulfone groups is 1. The lowest BCUT2D eigenvalue weighted by Crippen LogP contribution is -2.21. The number of rotatable bonds is 5. The first-order chi connectivity index (χ1) is 12.2. The molecule has 0 unspecified atom stereocenters. The van der Waals surface area contributed by atoms with Crippen LogP contribution in [0.15, 0.2) is 42.5 Å². The van der Waals surface area contributed by atoms with Gasteiger partial charge in [0.25, 0.3) is 0 Å². The minimum Gasteiger partial charge on any atom is -0.324 e. The smallest absolute Gasteiger partial charge is 0.244 e. The molecule has 2 aromatic carbocycles. The highest BCUT2D eigenvalue weighted by atomic mass is 35.5. The quantitative estimate of drug-likeness (QED) is 0.724. The SMILES string of the molecule is Cc1ccc(Cl)cc1NC(=O)Cn1c(CS(C)(=O)=O)nc2ccccc21. The third-order valence-corrected chi connectivity index (χ3v) is 4.92. The maximum atomic E-state index is 12.6. The molecule has 1 heterocycles. The van der Waals surface area contributed by atoms with E-state index in [0.29, 0.717) is 27.6 Å². The number of halogens is 1. The summed E-state index contributed by atoms with van der Waals surface area (Å²) in [4.78, 5) is 16.9. The highest BCUT2D eigenvalue weighted by molar-refractivity contribution is 7.89. The van der Waals surface area contributed by atoms with E-state index in [2.05, 4.69) is 10.3 Å². The molecule has 0 fully saturated rings. The van der Waals surface area contributed by atoms with E-state index in [1.54, 1.807) is 22.8 Å². The van der Waals surface area contributed by atoms with E-state index in [1.807, 2.05) is 31.2 Å². The molecular formula is C18H18ClN3O3S. The first-order valence-corrected chi connectivity index (χ1v) is 10.3. The third kappa shape index (κ3) is 4.23. The number of aromatic nitrogens is 2. The van der Waals surface area contributed by atoms with Gasteiger partial charge in [-0.3, -0.25) is 4.79 Å². The maximum absolute atomic E-state index is 12.6. The Morgan fingerprint density at radius 3 is 2.69 bits per heavy atom. The van der Waals surface area contributed by atoms with Crippen LogP contribution in [0.3, 0.4) is 0 Å². The van der Waals surface area contributed by atoms with E-state index < -0.39 is 9.84 Å². The molecule has 1 N–H and O–H groups in total. The molecule has 0 aliphatic rings. The first-order valence-electron chi connectivity index (χ1n) is 7.91. The summed E-state index contributed by atoms with van der Waals surface area (Å²) in [6, 6.07) is 12.5. The van der Waals surface area contributed by atoms with Gasteiger partial charge in [-0.05, 0) is 36.8 Å². The second kappa shape index (κ2) is 7.09. The van der Waals surface area contributed by atoms with Gasteiger partial charge in [0, 0.05) is 17.0 Å². The van der Waals surface area contributed by atoms with Gasteiger partial charge in [-0.15, -0.1) is 0 Å². The largest absolute Gasteiger partial charge is 0.324 e. The standard InChI is InChI=1S/C18H18ClN3O3S/c1-12-7-8-13(19)9-15(12)21-18(23)10-22-16-6-4-3-5-14(16)20-17(22)11-26(2,24)25/h3-9H,10-11H2,1-2H3,(H,21,23). The number of hydrogen-bond acceptors (Lipinski definition) is 4. The molecule has 0 atom stereocenters. The maximum Gasteiger partial charge on any atom is 0.244 e. The minimum atomic E-state index is -3.29. The Labute approximate surface area is 156 Å². The van der Waals surface area contributed by atoms with Crippen molar-refractivity contribution in [3.05, 3.63) is 58.9 Å². The number of carbonyl (C=O) groups excluding carboxylic acids is 1. The van der Waals surface area contributed by atoms with Crippen LogP contribution in [-0.4, -0.2) is 30.1 Å². The van der Waals surface area contributed by atoms with Crippen LogP contribution < -0.4 is 5.32 Å². The van der Waals surface area contributed by atoms with Crippen molar-refractivity contribution in [3.8, 4) is 0 Å². The van der Waals surface area contributed by atoms with E-state index in [4.69, 9.17) is 11.6 Å². The molecule has 0 saturated heterocycles. The van der Waals surface area contributed by atoms with Crippen LogP contribution in [0.2, 0.25) is 5.02 Å². The molecule has 136 valence electrons. The van der Waals surface area contributed by atoms with Gasteiger partial charge in [-0.25, -0.2) is 13.4 Å². The lowest BCUT2D eigenvalue weighted by atomic mass is 10.2. The number of aryl methyl sites for hydroxylation is 1. The Balaban J connectivity index is 1.93. The van der Waals surface area contributed by atoms with E-state index in [1.165, 1.54) is 0 Å². The van der Waals surface area contributed by atoms with E-state index in [-0.39, 0.29) is 18.2 Å². The Bertz CT molecular complexity index is 1090. The Morgan fingerprint density at radius 2 is 1.96 bits per heavy atom. The highest BCUT2D eigenvalue weighted by Crippen LogP contribution is 2.21. The number of imidazole rings is 1. The number of anilines is 1. The van der Waals surface area contributed by atoms with E-state index in [0.717, 1.165) is 11.8 Å². The lowest BCUT2D eigenvalue weighted by Gasteiger charge is -2.11. The van der Waals surface area contributed by atoms with Crippen LogP contribution in [0.4, 0.5) is 5.69 Å². The molecule has 0 radical (unpaired) electrons. The molecule has 3 aromatic rings. The number of nitrogens with one attached hydrogen (secondary N) is 1. The van der Waals surface area contributed by atoms with Crippen LogP contribution in [0.5, 0.6) is 0 Å². The number of benzene rings is 2. The van der Waals surface area contributed by atoms with Crippen molar-refractivity contribution < 1.29 is 13.2 Å². The number of nitrogens with zero attached hydrogens (tertiary/aromatic N) is 2. The zero-order valence-electron chi connectivity index (χ0n) is 14.4. The molecule has 1 aromatic heterocycles. The van der Waals surface area contributed by atoms with E-state index in [9.17, 15) is 13.2 Å². The summed E-state index contributed by atoms with van der Waals surface area (Å²) in [5.41, 5.74) is 2.87. The average Bonchev–Trinajstić information content (AvgIpc) is 2.86. The van der Waals surface area contributed by atoms with Gasteiger partial charge in [-0.1, -0.05) is 29.8 Å². The number of amides is 1. The second-order valence-electron chi connectivity index (χ2n) is 6.18. The summed E-state index contributed by atoms with van der Waals surface area (Å²) >= 11 is 5.99. The highest BCUT2D eigenvalue weighted by Gasteiger charge is 2.17. The van der Waals surface area contributed by atoms with Gasteiger partial charge in [0.2, 0.25) is 5.91 Å². The van der Waals surface area contributed by atoms with Crippen molar-refractivity contribution in [2.24, 2.45) is 0 Å². The minimum absolute atomic E-state index is 0.0443. The molecule has 26 heavy (non-hydrogen) atoms. The summed E-state index contributed by atoms with van der Waals surface area (Å²) in [5, 5.41) is 3.35. The van der Waals surface area contributed by atoms with Crippen molar-refractivity contribution in [1.29, 1.82) is 0 Å². The van der Waals surface area contributed by atoms with Gasteiger partial charge < -0.3 is 9.88 Å². The molecule has 0 aliphatic heterocycles. The van der Waals surface area contributed by atoms with Gasteiger partial charge >= 0.3 is 0 Å². The van der Waals surface area contributed by atoms with Crippen LogP contribution in [0.1, 0.15) is 11.4 Å². The summed E-state index contributed by atoms with van der Waals surface area (Å²) in [6.07, 6.45) is 1.14. The normalized spacial score (nSPS) is 11.7. The lowest BCUT2D eigenvalue weighted by molar-refractivity contribution is -0.116. The van der Waals surface area contributed by atoms with Crippen molar-refractivity contribution in [2.45, 2.75) is 19.2 Å². The zero-order chi connectivity index (χ0) is 18.9. The molecule has 0 spiro atoms. The van der Waals surface area contributed by atoms with Crippen molar-refractivity contribution in [1.82, 2.24) is 9.55 Å². The fourth-order valence-corrected chi connectivity index (χ4v) is 3.57. The van der Waals surface area contributed by atoms with Crippen molar-refractivity contribution in [3.63, 3.8) is 0 Å². The van der Waals surface area contributed by atoms with Crippen molar-refractivity contribution >= 4 is 44.1 Å². The summed E-state index contributed by atoms with van der Waals surface area (Å²) < 4.78 is 25.1. The average molecular weight is 392 g/mol. The molecule has 1 amide bonds. The van der Waals surface area contributed by atoms with Crippen LogP contribution in [-0.2, 0) is 26.9 Å². The molecular weight excluding hydrogens is 374 g/mol. The molecule has 8 heteroatoms. The van der Waals surface area contributed by atoms with Crippen LogP contribution in [0.25, 0.3) is 11.0 Å². The van der Waals surface area contributed by atoms with Gasteiger partial charge in [0.15, 0.2) is 9.84 Å². The number of fused-ring (bicyclic) bond motifs is 1. The van der Waals surface area contributed by atoms with Gasteiger partial charge in [0.1, 0.15) is 18.1 Å². The molecule has 6 nitrogen and oxygen atoms in total. The summed E-state index contributed by atoms with van der Waals surface area (Å²) in [6.45, 7) is 1.82. The Hall–Kier alpha value is -2.38. The van der Waals surface area contributed by atoms with Crippen LogP contribution >= 0.6 is 11.6 Å². The Morgan fingerprint density at radius 1 is 1.23 bits per heavy atom. The van der Waals surface area contributed by atoms with Gasteiger partial charge in [-0.2, -0.15) is 0 Å². The first kappa shape index (κ1) is 18.4. The zero-order valence-corrected chi connectivity index (χ0v) is 15.9. The number of para-hydroxylation sites is 2. The number of hydrogen-bond donors (Lipinski definition) is 1. The van der Waals surface area contributed by atoms with Crippen molar-refractivity contribution in [2.75, 3.05) is 11.6 Å². The van der Waals surface area contributed by atoms with E-state index >= 15 is 0 Å². The monoisotopic (exact) mass is 391 g/mol. The fraction of sp³-hybridized carbons (Fsp3) is 0.222. The van der Waals surface area contributed by atoms with Crippen LogP contribution in [0, 0.1) is 6.92 Å². The summed E-state index contributed by atoms with van der Waals surface area (Å²) in [7, 11) is -3.29. The topological polar surface area (TPSA) is 81.1 Å². The predicted octanol–water partition coefficient (Wildman–Crippen LogP) is 3.18. The predicted molar refractivity (Wildman–Crippen MR) is 103 cm³/mol. The van der Waals surface area contributed by atoms with Gasteiger partial charge in [0.05, 0.1) is 11.0 Å². The molecule has 0 bridgehead atoms. The molecule has 0 saturated carbocycles. The molecule has 3 rings (SSSR count). The third-order valence-electron chi connectivity index (χ3n) is 3.90. The summed E-state index contributed by atoms with van der Waals surface area (Å²) in [5.74, 6) is -0.176.